The van der Waals surface area contributed by atoms with E-state index in [-0.39, 0.29) is 0 Å². The van der Waals surface area contributed by atoms with Gasteiger partial charge in [0, 0.05) is 0 Å². The topological polar surface area (TPSA) is 86.3 Å². The van der Waals surface area contributed by atoms with E-state index in [4.69, 9.17) is 19.6 Å². The molecule has 0 spiro atoms. The van der Waals surface area contributed by atoms with Gasteiger partial charge in [-0.05, 0) is 0 Å². The van der Waals surface area contributed by atoms with E-state index < -0.39 is 7.94 Å². The second-order valence-corrected chi connectivity index (χ2v) is 7.57. The number of hydrogen-bond donors (Lipinski definition) is 1. The van der Waals surface area contributed by atoms with E-state index in [1.807, 2.05) is 18.2 Å². The zero-order valence-corrected chi connectivity index (χ0v) is 14.7. The Balaban J connectivity index is 1.93. The van der Waals surface area contributed by atoms with E-state index in [1.54, 1.807) is 72.8 Å². The van der Waals surface area contributed by atoms with Crippen molar-refractivity contribution in [3.63, 3.8) is 0 Å². The van der Waals surface area contributed by atoms with Gasteiger partial charge in [-0.2, -0.15) is 0 Å². The number of nitrogens with zero attached hydrogens (tertiary/aromatic N) is 2. The summed E-state index contributed by atoms with van der Waals surface area (Å²) in [7, 11) is -3.83. The van der Waals surface area contributed by atoms with Crippen molar-refractivity contribution in [1.82, 2.24) is 0 Å². The Morgan fingerprint density at radius 2 is 1.08 bits per heavy atom. The van der Waals surface area contributed by atoms with Gasteiger partial charge in [-0.25, -0.2) is 0 Å². The number of nitriles is 2. The number of benzene rings is 3. The summed E-state index contributed by atoms with van der Waals surface area (Å²) in [5, 5.41) is 18.3. The van der Waals surface area contributed by atoms with Crippen LogP contribution < -0.4 is 14.4 Å². The van der Waals surface area contributed by atoms with E-state index in [2.05, 4.69) is 0 Å². The molecule has 0 amide bonds. The molecule has 0 aliphatic heterocycles. The van der Waals surface area contributed by atoms with Crippen LogP contribution in [-0.2, 0) is 0 Å². The maximum atomic E-state index is 11.2. The molecule has 5 nitrogen and oxygen atoms in total. The molecule has 0 saturated carbocycles. The molecule has 0 saturated heterocycles. The molecule has 0 unspecified atom stereocenters. The average molecular weight is 362 g/mol. The van der Waals surface area contributed by atoms with Crippen LogP contribution in [0.3, 0.4) is 0 Å². The van der Waals surface area contributed by atoms with Gasteiger partial charge in [-0.1, -0.05) is 0 Å². The van der Waals surface area contributed by atoms with Gasteiger partial charge in [0.1, 0.15) is 0 Å². The summed E-state index contributed by atoms with van der Waals surface area (Å²) < 4.78 is 11.7. The van der Waals surface area contributed by atoms with Crippen LogP contribution in [0.1, 0.15) is 11.1 Å². The quantitative estimate of drug-likeness (QED) is 0.700. The molecule has 0 radical (unpaired) electrons. The minimum absolute atomic E-state index is 0.399. The van der Waals surface area contributed by atoms with Gasteiger partial charge in [0.05, 0.1) is 0 Å². The van der Waals surface area contributed by atoms with Crippen molar-refractivity contribution in [3.8, 4) is 23.6 Å². The number of hydrogen-bond acceptors (Lipinski definition) is 5. The van der Waals surface area contributed by atoms with Crippen molar-refractivity contribution in [2.45, 2.75) is 0 Å². The van der Waals surface area contributed by atoms with Crippen LogP contribution in [0, 0.1) is 22.7 Å². The fourth-order valence-corrected chi connectivity index (χ4v) is 4.10. The molecular weight excluding hydrogens is 347 g/mol. The van der Waals surface area contributed by atoms with Gasteiger partial charge in [0.15, 0.2) is 0 Å². The van der Waals surface area contributed by atoms with Crippen LogP contribution in [0.15, 0.2) is 78.9 Å². The fourth-order valence-electron chi connectivity index (χ4n) is 2.30. The third-order valence-electron chi connectivity index (χ3n) is 3.62. The molecule has 128 valence electrons. The monoisotopic (exact) mass is 362 g/mol. The average Bonchev–Trinajstić information content (AvgIpc) is 2.70. The summed E-state index contributed by atoms with van der Waals surface area (Å²) in [6.45, 7) is 0. The van der Waals surface area contributed by atoms with E-state index in [0.29, 0.717) is 27.9 Å². The minimum atomic E-state index is -3.83. The Hall–Kier alpha value is -3.37. The second-order valence-electron chi connectivity index (χ2n) is 5.42. The Morgan fingerprint density at radius 1 is 0.654 bits per heavy atom. The summed E-state index contributed by atoms with van der Waals surface area (Å²) in [5.41, 5.74) is 0.991. The Kier molecular flexibility index (Phi) is 5.15. The van der Waals surface area contributed by atoms with Gasteiger partial charge in [-0.15, -0.1) is 0 Å². The SMILES string of the molecule is N#Cc1ccc(O[PH](O)(Oc2ccc(C#N)cc2)c2ccccc2)cc1. The van der Waals surface area contributed by atoms with Crippen molar-refractivity contribution in [2.24, 2.45) is 0 Å². The molecule has 0 heterocycles. The molecule has 0 bridgehead atoms. The van der Waals surface area contributed by atoms with Crippen molar-refractivity contribution in [1.29, 1.82) is 10.5 Å². The summed E-state index contributed by atoms with van der Waals surface area (Å²) >= 11 is 0. The summed E-state index contributed by atoms with van der Waals surface area (Å²) in [6.07, 6.45) is 0. The summed E-state index contributed by atoms with van der Waals surface area (Å²) in [6, 6.07) is 25.8. The van der Waals surface area contributed by atoms with E-state index in [9.17, 15) is 4.89 Å². The molecule has 26 heavy (non-hydrogen) atoms. The zero-order chi connectivity index (χ0) is 18.4. The predicted octanol–water partition coefficient (Wildman–Crippen LogP) is 3.70. The third-order valence-corrected chi connectivity index (χ3v) is 5.71. The summed E-state index contributed by atoms with van der Waals surface area (Å²) in [4.78, 5) is 11.2. The van der Waals surface area contributed by atoms with E-state index >= 15 is 0 Å². The maximum absolute atomic E-state index is 11.2. The molecule has 6 heteroatoms. The molecule has 0 aromatic heterocycles. The van der Waals surface area contributed by atoms with E-state index in [0.717, 1.165) is 0 Å². The molecule has 0 atom stereocenters. The first kappa shape index (κ1) is 17.5. The van der Waals surface area contributed by atoms with Crippen LogP contribution in [-0.4, -0.2) is 4.89 Å². The third kappa shape index (κ3) is 3.99. The molecule has 0 aliphatic rings. The van der Waals surface area contributed by atoms with Crippen LogP contribution in [0.25, 0.3) is 0 Å². The molecular formula is C20H15N2O3P. The molecule has 0 fully saturated rings. The molecule has 1 N–H and O–H groups in total. The fraction of sp³-hybridized carbons (Fsp3) is 0. The van der Waals surface area contributed by atoms with Crippen molar-refractivity contribution < 1.29 is 13.9 Å². The Labute approximate surface area is 151 Å². The van der Waals surface area contributed by atoms with Gasteiger partial charge in [-0.3, -0.25) is 0 Å². The van der Waals surface area contributed by atoms with Crippen LogP contribution >= 0.6 is 7.94 Å². The second kappa shape index (κ2) is 7.68. The van der Waals surface area contributed by atoms with Crippen LogP contribution in [0.5, 0.6) is 11.5 Å². The molecule has 0 aliphatic carbocycles. The van der Waals surface area contributed by atoms with Gasteiger partial charge in [0.2, 0.25) is 0 Å². The van der Waals surface area contributed by atoms with Gasteiger partial charge < -0.3 is 0 Å². The van der Waals surface area contributed by atoms with Crippen molar-refractivity contribution in [2.75, 3.05) is 0 Å². The summed E-state index contributed by atoms with van der Waals surface area (Å²) in [5.74, 6) is 0.798. The van der Waals surface area contributed by atoms with Gasteiger partial charge >= 0.3 is 151 Å². The first-order valence-corrected chi connectivity index (χ1v) is 9.55. The Morgan fingerprint density at radius 3 is 1.46 bits per heavy atom. The number of rotatable bonds is 5. The first-order chi connectivity index (χ1) is 12.6. The predicted molar refractivity (Wildman–Crippen MR) is 100 cm³/mol. The van der Waals surface area contributed by atoms with Gasteiger partial charge in [0.25, 0.3) is 0 Å². The van der Waals surface area contributed by atoms with Crippen molar-refractivity contribution >= 4 is 13.2 Å². The standard InChI is InChI=1S/C20H15N2O3P/c21-14-16-6-10-18(11-7-16)24-26(23,20-4-2-1-3-5-20)25-19-12-8-17(15-22)9-13-19/h1-13,23,26H. The normalized spacial score (nSPS) is 11.0. The van der Waals surface area contributed by atoms with E-state index in [1.165, 1.54) is 0 Å². The molecule has 3 rings (SSSR count). The van der Waals surface area contributed by atoms with Crippen molar-refractivity contribution in [3.05, 3.63) is 90.0 Å². The molecule has 3 aromatic carbocycles. The van der Waals surface area contributed by atoms with Crippen LogP contribution in [0.2, 0.25) is 0 Å². The molecule has 3 aromatic rings. The first-order valence-electron chi connectivity index (χ1n) is 7.79. The Bertz CT molecular complexity index is 900. The zero-order valence-electron chi connectivity index (χ0n) is 13.7. The van der Waals surface area contributed by atoms with Crippen LogP contribution in [0.4, 0.5) is 0 Å².